The summed E-state index contributed by atoms with van der Waals surface area (Å²) in [6.45, 7) is 9.37. The fourth-order valence-corrected chi connectivity index (χ4v) is 4.42. The fourth-order valence-electron chi connectivity index (χ4n) is 4.42. The number of hydrogen-bond acceptors (Lipinski definition) is 3. The predicted molar refractivity (Wildman–Crippen MR) is 128 cm³/mol. The number of fused-ring (bicyclic) bond motifs is 2. The second-order valence-electron chi connectivity index (χ2n) is 9.10. The van der Waals surface area contributed by atoms with Crippen molar-refractivity contribution < 1.29 is 0 Å². The van der Waals surface area contributed by atoms with Crippen LogP contribution in [0.25, 0.3) is 22.1 Å². The van der Waals surface area contributed by atoms with Crippen LogP contribution in [0.4, 0.5) is 0 Å². The van der Waals surface area contributed by atoms with E-state index in [2.05, 4.69) is 56.2 Å². The second kappa shape index (κ2) is 8.71. The lowest BCUT2D eigenvalue weighted by molar-refractivity contribution is 0.438. The molecule has 2 aromatic carbocycles. The van der Waals surface area contributed by atoms with Crippen molar-refractivity contribution in [2.45, 2.75) is 59.2 Å². The Morgan fingerprint density at radius 1 is 1.00 bits per heavy atom. The number of hydrogen-bond donors (Lipinski definition) is 2. The Morgan fingerprint density at radius 3 is 2.35 bits per heavy atom. The molecule has 31 heavy (non-hydrogen) atoms. The lowest BCUT2D eigenvalue weighted by atomic mass is 10.0. The van der Waals surface area contributed by atoms with Crippen LogP contribution in [0.2, 0.25) is 0 Å². The first kappa shape index (κ1) is 21.4. The van der Waals surface area contributed by atoms with Gasteiger partial charge >= 0.3 is 5.69 Å². The van der Waals surface area contributed by atoms with Crippen molar-refractivity contribution >= 4 is 22.1 Å². The first-order chi connectivity index (χ1) is 14.9. The molecule has 0 amide bonds. The number of nitrogens with one attached hydrogen (secondary N) is 2. The van der Waals surface area contributed by atoms with Crippen LogP contribution in [-0.2, 0) is 6.54 Å². The molecule has 2 heterocycles. The van der Waals surface area contributed by atoms with Gasteiger partial charge in [-0.15, -0.1) is 0 Å². The molecule has 0 bridgehead atoms. The maximum Gasteiger partial charge on any atom is 0.330 e. The summed E-state index contributed by atoms with van der Waals surface area (Å²) < 4.78 is 3.84. The molecular weight excluding hydrogens is 386 g/mol. The Kier molecular flexibility index (Phi) is 6.01. The van der Waals surface area contributed by atoms with E-state index in [1.54, 1.807) is 0 Å². The highest BCUT2D eigenvalue weighted by Gasteiger charge is 2.25. The summed E-state index contributed by atoms with van der Waals surface area (Å²) in [6, 6.07) is 14.3. The van der Waals surface area contributed by atoms with Crippen LogP contribution in [0.15, 0.2) is 47.3 Å². The third-order valence-electron chi connectivity index (χ3n) is 5.92. The number of para-hydroxylation sites is 2. The van der Waals surface area contributed by atoms with Gasteiger partial charge < -0.3 is 10.3 Å². The van der Waals surface area contributed by atoms with Gasteiger partial charge in [-0.05, 0) is 69.5 Å². The summed E-state index contributed by atoms with van der Waals surface area (Å²) in [5, 5.41) is 3.19. The zero-order valence-corrected chi connectivity index (χ0v) is 19.1. The van der Waals surface area contributed by atoms with Crippen molar-refractivity contribution in [1.29, 1.82) is 0 Å². The first-order valence-electron chi connectivity index (χ1n) is 11.2. The van der Waals surface area contributed by atoms with Crippen molar-refractivity contribution in [2.24, 2.45) is 5.92 Å². The van der Waals surface area contributed by atoms with E-state index in [9.17, 15) is 4.79 Å². The maximum atomic E-state index is 13.6. The fraction of sp³-hybridized carbons (Fsp3) is 0.440. The van der Waals surface area contributed by atoms with Gasteiger partial charge in [-0.1, -0.05) is 32.0 Å². The number of H-pyrrole nitrogens is 1. The minimum atomic E-state index is -0.139. The summed E-state index contributed by atoms with van der Waals surface area (Å²) in [4.78, 5) is 22.1. The van der Waals surface area contributed by atoms with E-state index in [1.165, 1.54) is 5.56 Å². The lowest BCUT2D eigenvalue weighted by Crippen LogP contribution is -2.29. The van der Waals surface area contributed by atoms with Gasteiger partial charge in [-0.2, -0.15) is 0 Å². The van der Waals surface area contributed by atoms with Gasteiger partial charge in [0.25, 0.3) is 0 Å². The summed E-state index contributed by atoms with van der Waals surface area (Å²) in [5.41, 5.74) is 5.11. The van der Waals surface area contributed by atoms with Crippen molar-refractivity contribution in [1.82, 2.24) is 24.4 Å². The molecule has 1 unspecified atom stereocenters. The Bertz CT molecular complexity index is 1240. The van der Waals surface area contributed by atoms with Crippen molar-refractivity contribution in [3.63, 3.8) is 0 Å². The number of aromatic amines is 1. The molecule has 0 radical (unpaired) electrons. The molecule has 6 nitrogen and oxygen atoms in total. The summed E-state index contributed by atoms with van der Waals surface area (Å²) in [6.07, 6.45) is 1.87. The van der Waals surface area contributed by atoms with E-state index in [0.717, 1.165) is 47.3 Å². The third-order valence-corrected chi connectivity index (χ3v) is 5.92. The van der Waals surface area contributed by atoms with Crippen LogP contribution < -0.4 is 11.0 Å². The van der Waals surface area contributed by atoms with Gasteiger partial charge in [0.2, 0.25) is 0 Å². The van der Waals surface area contributed by atoms with Crippen LogP contribution in [-0.4, -0.2) is 26.1 Å². The number of aromatic nitrogens is 4. The molecule has 6 heteroatoms. The molecule has 164 valence electrons. The molecule has 0 saturated carbocycles. The van der Waals surface area contributed by atoms with E-state index < -0.39 is 0 Å². The van der Waals surface area contributed by atoms with Gasteiger partial charge in [0.1, 0.15) is 5.82 Å². The topological polar surface area (TPSA) is 67.6 Å². The average molecular weight is 420 g/mol. The van der Waals surface area contributed by atoms with Crippen molar-refractivity contribution in [2.75, 3.05) is 7.05 Å². The minimum absolute atomic E-state index is 0.0290. The summed E-state index contributed by atoms with van der Waals surface area (Å²) in [5.74, 6) is 1.40. The molecule has 4 rings (SSSR count). The zero-order valence-electron chi connectivity index (χ0n) is 19.1. The van der Waals surface area contributed by atoms with E-state index >= 15 is 0 Å². The summed E-state index contributed by atoms with van der Waals surface area (Å²) >= 11 is 0. The normalized spacial score (nSPS) is 13.1. The van der Waals surface area contributed by atoms with Gasteiger partial charge in [0.15, 0.2) is 0 Å². The number of imidazole rings is 2. The Balaban J connectivity index is 1.90. The minimum Gasteiger partial charge on any atom is -0.340 e. The van der Waals surface area contributed by atoms with Crippen LogP contribution in [0.5, 0.6) is 0 Å². The molecule has 0 aliphatic heterocycles. The molecule has 2 N–H and O–H groups in total. The van der Waals surface area contributed by atoms with Gasteiger partial charge in [-0.3, -0.25) is 9.13 Å². The quantitative estimate of drug-likeness (QED) is 0.422. The highest BCUT2D eigenvalue weighted by Crippen LogP contribution is 2.29. The van der Waals surface area contributed by atoms with Crippen LogP contribution >= 0.6 is 0 Å². The monoisotopic (exact) mass is 419 g/mol. The van der Waals surface area contributed by atoms with E-state index in [4.69, 9.17) is 4.98 Å². The lowest BCUT2D eigenvalue weighted by Gasteiger charge is -2.18. The van der Waals surface area contributed by atoms with E-state index in [-0.39, 0.29) is 17.8 Å². The van der Waals surface area contributed by atoms with Gasteiger partial charge in [0.05, 0.1) is 28.1 Å². The molecular formula is C25H33N5O. The Morgan fingerprint density at radius 2 is 1.71 bits per heavy atom. The molecule has 1 atom stereocenters. The highest BCUT2D eigenvalue weighted by molar-refractivity contribution is 5.78. The maximum absolute atomic E-state index is 13.6. The van der Waals surface area contributed by atoms with Gasteiger partial charge in [-0.25, -0.2) is 9.78 Å². The van der Waals surface area contributed by atoms with Crippen LogP contribution in [0.3, 0.4) is 0 Å². The molecule has 0 spiro atoms. The van der Waals surface area contributed by atoms with Crippen molar-refractivity contribution in [3.05, 3.63) is 64.3 Å². The smallest absolute Gasteiger partial charge is 0.330 e. The largest absolute Gasteiger partial charge is 0.340 e. The number of nitrogens with zero attached hydrogens (tertiary/aromatic N) is 3. The second-order valence-corrected chi connectivity index (χ2v) is 9.10. The predicted octanol–water partition coefficient (Wildman–Crippen LogP) is 5.01. The Hall–Kier alpha value is -2.86. The van der Waals surface area contributed by atoms with Gasteiger partial charge in [0, 0.05) is 12.6 Å². The van der Waals surface area contributed by atoms with Crippen LogP contribution in [0.1, 0.15) is 64.0 Å². The standard InChI is InChI=1S/C25H33N5O/c1-16(2)10-13-23(24-27-19-12-11-18(15-26-5)14-20(19)28-24)30-22-9-7-6-8-21(22)29(17(3)4)25(30)31/h6-9,11-12,14,16-17,23,26H,10,13,15H2,1-5H3,(H,27,28). The third kappa shape index (κ3) is 4.04. The number of benzene rings is 2. The molecule has 0 fully saturated rings. The zero-order chi connectivity index (χ0) is 22.1. The SMILES string of the molecule is CNCc1ccc2[nH]c(C(CCC(C)C)n3c(=O)n(C(C)C)c4ccccc43)nc2c1. The summed E-state index contributed by atoms with van der Waals surface area (Å²) in [7, 11) is 1.94. The number of rotatable bonds is 8. The van der Waals surface area contributed by atoms with E-state index in [0.29, 0.717) is 5.92 Å². The van der Waals surface area contributed by atoms with Crippen molar-refractivity contribution in [3.8, 4) is 0 Å². The first-order valence-corrected chi connectivity index (χ1v) is 11.2. The molecule has 0 aliphatic carbocycles. The highest BCUT2D eigenvalue weighted by atomic mass is 16.1. The molecule has 0 aliphatic rings. The molecule has 0 saturated heterocycles. The molecule has 2 aromatic heterocycles. The Labute approximate surface area is 183 Å². The van der Waals surface area contributed by atoms with Crippen LogP contribution in [0, 0.1) is 5.92 Å². The van der Waals surface area contributed by atoms with E-state index in [1.807, 2.05) is 40.4 Å². The molecule has 4 aromatic rings. The average Bonchev–Trinajstić information content (AvgIpc) is 3.27.